The number of aliphatic hydroxyl groups excluding tert-OH is 1. The quantitative estimate of drug-likeness (QED) is 0.715. The summed E-state index contributed by atoms with van der Waals surface area (Å²) in [5.74, 6) is 0.656. The van der Waals surface area contributed by atoms with Crippen LogP contribution < -0.4 is 0 Å². The molecule has 2 aromatic carbocycles. The SMILES string of the molecule is O[C@@H]1C[C@H]2CN(Cc3ccc(Cl)c(F)c3)C[C@H]2C[C@H]1n1cnc2ccccc21. The second kappa shape index (κ2) is 7.14. The van der Waals surface area contributed by atoms with Gasteiger partial charge in [-0.05, 0) is 54.5 Å². The van der Waals surface area contributed by atoms with Crippen molar-refractivity contribution < 1.29 is 9.50 Å². The number of hydrogen-bond donors (Lipinski definition) is 1. The number of rotatable bonds is 3. The number of hydrogen-bond acceptors (Lipinski definition) is 3. The van der Waals surface area contributed by atoms with Gasteiger partial charge >= 0.3 is 0 Å². The molecule has 0 spiro atoms. The van der Waals surface area contributed by atoms with Crippen LogP contribution in [0.15, 0.2) is 48.8 Å². The Balaban J connectivity index is 1.32. The molecule has 1 aliphatic heterocycles. The molecule has 6 heteroatoms. The molecular formula is C22H23ClFN3O. The molecule has 1 saturated carbocycles. The molecule has 4 atom stereocenters. The Morgan fingerprint density at radius 2 is 1.89 bits per heavy atom. The number of aliphatic hydroxyl groups is 1. The minimum atomic E-state index is -0.369. The van der Waals surface area contributed by atoms with Gasteiger partial charge in [0.25, 0.3) is 0 Å². The summed E-state index contributed by atoms with van der Waals surface area (Å²) in [5, 5.41) is 11.0. The van der Waals surface area contributed by atoms with Gasteiger partial charge in [0, 0.05) is 19.6 Å². The van der Waals surface area contributed by atoms with Gasteiger partial charge in [0.1, 0.15) is 5.82 Å². The molecule has 28 heavy (non-hydrogen) atoms. The topological polar surface area (TPSA) is 41.3 Å². The van der Waals surface area contributed by atoms with E-state index in [1.54, 1.807) is 6.07 Å². The maximum Gasteiger partial charge on any atom is 0.142 e. The van der Waals surface area contributed by atoms with Gasteiger partial charge in [0.05, 0.1) is 34.5 Å². The molecule has 0 amide bonds. The smallest absolute Gasteiger partial charge is 0.142 e. The molecule has 1 aliphatic carbocycles. The molecule has 4 nitrogen and oxygen atoms in total. The highest BCUT2D eigenvalue weighted by Crippen LogP contribution is 2.42. The predicted molar refractivity (Wildman–Crippen MR) is 108 cm³/mol. The standard InChI is InChI=1S/C22H23ClFN3O/c23-17-6-5-14(7-18(17)24)10-26-11-15-8-21(22(28)9-16(15)12-26)27-13-25-19-3-1-2-4-20(19)27/h1-7,13,15-16,21-22,28H,8-12H2/t15-,16+,21-,22-/m1/s1. The van der Waals surface area contributed by atoms with Crippen LogP contribution >= 0.6 is 11.6 Å². The van der Waals surface area contributed by atoms with Crippen LogP contribution in [0.5, 0.6) is 0 Å². The maximum absolute atomic E-state index is 13.7. The third-order valence-corrected chi connectivity index (χ3v) is 6.72. The van der Waals surface area contributed by atoms with Crippen LogP contribution in [0, 0.1) is 17.7 Å². The van der Waals surface area contributed by atoms with Crippen LogP contribution in [0.3, 0.4) is 0 Å². The zero-order valence-electron chi connectivity index (χ0n) is 15.5. The Morgan fingerprint density at radius 3 is 2.71 bits per heavy atom. The summed E-state index contributed by atoms with van der Waals surface area (Å²) < 4.78 is 15.9. The summed E-state index contributed by atoms with van der Waals surface area (Å²) in [6, 6.07) is 13.2. The van der Waals surface area contributed by atoms with Crippen LogP contribution in [0.25, 0.3) is 11.0 Å². The fourth-order valence-corrected chi connectivity index (χ4v) is 5.19. The van der Waals surface area contributed by atoms with Crippen molar-refractivity contribution in [3.8, 4) is 0 Å². The lowest BCUT2D eigenvalue weighted by molar-refractivity contribution is 0.0374. The van der Waals surface area contributed by atoms with E-state index >= 15 is 0 Å². The van der Waals surface area contributed by atoms with E-state index in [1.807, 2.05) is 30.6 Å². The first-order chi connectivity index (χ1) is 13.6. The zero-order valence-corrected chi connectivity index (χ0v) is 16.3. The van der Waals surface area contributed by atoms with Crippen LogP contribution in [0.2, 0.25) is 5.02 Å². The fraction of sp³-hybridized carbons (Fsp3) is 0.409. The number of likely N-dealkylation sites (tertiary alicyclic amines) is 1. The molecule has 1 saturated heterocycles. The van der Waals surface area contributed by atoms with Crippen molar-refractivity contribution in [1.29, 1.82) is 0 Å². The number of benzene rings is 2. The van der Waals surface area contributed by atoms with E-state index in [0.29, 0.717) is 11.8 Å². The summed E-state index contributed by atoms with van der Waals surface area (Å²) in [5.41, 5.74) is 2.99. The maximum atomic E-state index is 13.7. The van der Waals surface area contributed by atoms with Crippen molar-refractivity contribution in [3.63, 3.8) is 0 Å². The third kappa shape index (κ3) is 3.21. The first-order valence-electron chi connectivity index (χ1n) is 9.84. The molecule has 0 bridgehead atoms. The zero-order chi connectivity index (χ0) is 19.3. The van der Waals surface area contributed by atoms with Crippen LogP contribution in [0.4, 0.5) is 4.39 Å². The van der Waals surface area contributed by atoms with Crippen molar-refractivity contribution in [3.05, 3.63) is 65.2 Å². The Kier molecular flexibility index (Phi) is 4.62. The van der Waals surface area contributed by atoms with Crippen molar-refractivity contribution in [2.45, 2.75) is 31.5 Å². The second-order valence-corrected chi connectivity index (χ2v) is 8.62. The van der Waals surface area contributed by atoms with Gasteiger partial charge in [0.15, 0.2) is 0 Å². The molecule has 1 aromatic heterocycles. The van der Waals surface area contributed by atoms with Gasteiger partial charge in [-0.15, -0.1) is 0 Å². The highest BCUT2D eigenvalue weighted by atomic mass is 35.5. The van der Waals surface area contributed by atoms with E-state index in [1.165, 1.54) is 6.07 Å². The van der Waals surface area contributed by atoms with Crippen molar-refractivity contribution in [2.75, 3.05) is 13.1 Å². The summed E-state index contributed by atoms with van der Waals surface area (Å²) in [6.45, 7) is 2.64. The van der Waals surface area contributed by atoms with E-state index < -0.39 is 0 Å². The lowest BCUT2D eigenvalue weighted by Gasteiger charge is -2.36. The van der Waals surface area contributed by atoms with Gasteiger partial charge < -0.3 is 9.67 Å². The molecule has 0 radical (unpaired) electrons. The lowest BCUT2D eigenvalue weighted by atomic mass is 9.77. The highest BCUT2D eigenvalue weighted by Gasteiger charge is 2.42. The molecule has 0 unspecified atom stereocenters. The Labute approximate surface area is 168 Å². The van der Waals surface area contributed by atoms with Gasteiger partial charge in [-0.2, -0.15) is 0 Å². The van der Waals surface area contributed by atoms with E-state index in [0.717, 1.165) is 49.1 Å². The predicted octanol–water partition coefficient (Wildman–Crippen LogP) is 4.27. The van der Waals surface area contributed by atoms with Crippen LogP contribution in [-0.2, 0) is 6.54 Å². The van der Waals surface area contributed by atoms with Crippen LogP contribution in [0.1, 0.15) is 24.4 Å². The minimum absolute atomic E-state index is 0.0570. The first-order valence-corrected chi connectivity index (χ1v) is 10.2. The summed E-state index contributed by atoms with van der Waals surface area (Å²) in [7, 11) is 0. The Hall–Kier alpha value is -1.95. The van der Waals surface area contributed by atoms with Crippen LogP contribution in [-0.4, -0.2) is 38.8 Å². The normalized spacial score (nSPS) is 28.0. The second-order valence-electron chi connectivity index (χ2n) is 8.21. The molecule has 2 fully saturated rings. The largest absolute Gasteiger partial charge is 0.391 e. The molecule has 5 rings (SSSR count). The van der Waals surface area contributed by atoms with Crippen molar-refractivity contribution >= 4 is 22.6 Å². The summed E-state index contributed by atoms with van der Waals surface area (Å²) in [4.78, 5) is 6.87. The van der Waals surface area contributed by atoms with Gasteiger partial charge in [-0.3, -0.25) is 4.90 Å². The van der Waals surface area contributed by atoms with E-state index in [4.69, 9.17) is 11.6 Å². The van der Waals surface area contributed by atoms with E-state index in [-0.39, 0.29) is 23.0 Å². The van der Waals surface area contributed by atoms with E-state index in [9.17, 15) is 9.50 Å². The number of para-hydroxylation sites is 2. The van der Waals surface area contributed by atoms with Crippen molar-refractivity contribution in [1.82, 2.24) is 14.5 Å². The fourth-order valence-electron chi connectivity index (χ4n) is 5.07. The highest BCUT2D eigenvalue weighted by molar-refractivity contribution is 6.30. The number of aromatic nitrogens is 2. The number of imidazole rings is 1. The third-order valence-electron chi connectivity index (χ3n) is 6.41. The summed E-state index contributed by atoms with van der Waals surface area (Å²) in [6.07, 6.45) is 3.24. The number of nitrogens with zero attached hydrogens (tertiary/aromatic N) is 3. The summed E-state index contributed by atoms with van der Waals surface area (Å²) >= 11 is 5.80. The van der Waals surface area contributed by atoms with Crippen molar-refractivity contribution in [2.24, 2.45) is 11.8 Å². The average molecular weight is 400 g/mol. The number of fused-ring (bicyclic) bond motifs is 2. The van der Waals surface area contributed by atoms with Gasteiger partial charge in [0.2, 0.25) is 0 Å². The monoisotopic (exact) mass is 399 g/mol. The molecule has 3 aromatic rings. The Morgan fingerprint density at radius 1 is 1.11 bits per heavy atom. The average Bonchev–Trinajstić information content (AvgIpc) is 3.27. The lowest BCUT2D eigenvalue weighted by Crippen LogP contribution is -2.36. The van der Waals surface area contributed by atoms with E-state index in [2.05, 4.69) is 20.5 Å². The molecule has 146 valence electrons. The molecule has 2 heterocycles. The van der Waals surface area contributed by atoms with Gasteiger partial charge in [-0.25, -0.2) is 9.37 Å². The molecule has 1 N–H and O–H groups in total. The number of halogens is 2. The first kappa shape index (κ1) is 18.1. The van der Waals surface area contributed by atoms with Gasteiger partial charge in [-0.1, -0.05) is 29.8 Å². The molecule has 2 aliphatic rings. The minimum Gasteiger partial charge on any atom is -0.391 e. The Bertz CT molecular complexity index is 1010. The molecular weight excluding hydrogens is 377 g/mol.